The molecule has 0 radical (unpaired) electrons. The lowest BCUT2D eigenvalue weighted by Crippen LogP contribution is -2.45. The number of aromatic nitrogens is 3. The van der Waals surface area contributed by atoms with Crippen molar-refractivity contribution in [1.82, 2.24) is 24.8 Å². The Bertz CT molecular complexity index is 1250. The van der Waals surface area contributed by atoms with Crippen molar-refractivity contribution < 1.29 is 13.2 Å². The van der Waals surface area contributed by atoms with Gasteiger partial charge < -0.3 is 10.6 Å². The Morgan fingerprint density at radius 1 is 0.944 bits per heavy atom. The van der Waals surface area contributed by atoms with Crippen LogP contribution in [0.15, 0.2) is 42.9 Å². The summed E-state index contributed by atoms with van der Waals surface area (Å²) in [7, 11) is 0. The van der Waals surface area contributed by atoms with Crippen LogP contribution < -0.4 is 5.73 Å². The van der Waals surface area contributed by atoms with E-state index in [2.05, 4.69) is 43.5 Å². The molecule has 0 saturated carbocycles. The third-order valence-electron chi connectivity index (χ3n) is 6.37. The Labute approximate surface area is 209 Å². The average Bonchev–Trinajstić information content (AvgIpc) is 2.88. The van der Waals surface area contributed by atoms with Crippen molar-refractivity contribution >= 4 is 5.82 Å². The van der Waals surface area contributed by atoms with Gasteiger partial charge in [0.1, 0.15) is 12.1 Å². The van der Waals surface area contributed by atoms with Crippen molar-refractivity contribution in [3.05, 3.63) is 70.8 Å². The third-order valence-corrected chi connectivity index (χ3v) is 6.37. The first-order valence-electron chi connectivity index (χ1n) is 12.0. The summed E-state index contributed by atoms with van der Waals surface area (Å²) >= 11 is 0. The van der Waals surface area contributed by atoms with Crippen LogP contribution in [-0.4, -0.2) is 57.5 Å². The van der Waals surface area contributed by atoms with Crippen LogP contribution in [0.4, 0.5) is 19.0 Å². The first-order chi connectivity index (χ1) is 17.3. The fraction of sp³-hybridized carbons (Fsp3) is 0.370. The average molecular weight is 495 g/mol. The highest BCUT2D eigenvalue weighted by Gasteiger charge is 2.34. The number of aryl methyl sites for hydroxylation is 1. The maximum absolute atomic E-state index is 14.2. The Morgan fingerprint density at radius 3 is 2.33 bits per heavy atom. The molecule has 6 nitrogen and oxygen atoms in total. The number of nitrogen functional groups attached to an aromatic ring is 1. The molecule has 3 heterocycles. The Kier molecular flexibility index (Phi) is 7.87. The molecule has 1 saturated heterocycles. The van der Waals surface area contributed by atoms with E-state index in [0.29, 0.717) is 40.3 Å². The van der Waals surface area contributed by atoms with E-state index in [-0.39, 0.29) is 12.1 Å². The molecule has 2 N–H and O–H groups in total. The van der Waals surface area contributed by atoms with Crippen LogP contribution in [0.1, 0.15) is 41.8 Å². The van der Waals surface area contributed by atoms with Crippen LogP contribution in [0.3, 0.4) is 0 Å². The second kappa shape index (κ2) is 11.1. The number of hydrogen-bond acceptors (Lipinski definition) is 6. The van der Waals surface area contributed by atoms with Gasteiger partial charge in [-0.05, 0) is 36.7 Å². The zero-order chi connectivity index (χ0) is 25.7. The quantitative estimate of drug-likeness (QED) is 0.535. The molecule has 0 atom stereocenters. The molecule has 1 fully saturated rings. The molecule has 0 aliphatic carbocycles. The zero-order valence-electron chi connectivity index (χ0n) is 20.4. The summed E-state index contributed by atoms with van der Waals surface area (Å²) in [6.07, 6.45) is -1.00. The number of halogens is 3. The topological polar surface area (TPSA) is 71.2 Å². The summed E-state index contributed by atoms with van der Waals surface area (Å²) in [5.41, 5.74) is 7.81. The second-order valence-corrected chi connectivity index (χ2v) is 8.70. The summed E-state index contributed by atoms with van der Waals surface area (Å²) in [4.78, 5) is 17.1. The van der Waals surface area contributed by atoms with Crippen LogP contribution >= 0.6 is 0 Å². The van der Waals surface area contributed by atoms with Gasteiger partial charge in [-0.2, -0.15) is 13.2 Å². The molecule has 1 aliphatic heterocycles. The van der Waals surface area contributed by atoms with Crippen LogP contribution in [-0.2, 0) is 19.1 Å². The second-order valence-electron chi connectivity index (χ2n) is 8.70. The van der Waals surface area contributed by atoms with Crippen LogP contribution in [0.2, 0.25) is 0 Å². The van der Waals surface area contributed by atoms with Gasteiger partial charge in [-0.15, -0.1) is 0 Å². The zero-order valence-corrected chi connectivity index (χ0v) is 20.4. The number of rotatable bonds is 5. The van der Waals surface area contributed by atoms with Gasteiger partial charge in [0.25, 0.3) is 0 Å². The van der Waals surface area contributed by atoms with E-state index in [1.165, 1.54) is 12.4 Å². The smallest absolute Gasteiger partial charge is 0.384 e. The van der Waals surface area contributed by atoms with Crippen LogP contribution in [0, 0.1) is 11.8 Å². The Balaban J connectivity index is 1.71. The highest BCUT2D eigenvalue weighted by atomic mass is 19.4. The third kappa shape index (κ3) is 6.01. The fourth-order valence-electron chi connectivity index (χ4n) is 4.28. The summed E-state index contributed by atoms with van der Waals surface area (Å²) < 4.78 is 42.5. The van der Waals surface area contributed by atoms with Crippen molar-refractivity contribution in [2.45, 2.75) is 33.0 Å². The number of likely N-dealkylation sites (N-methyl/N-ethyl adjacent to an activating group) is 1. The molecule has 2 aromatic heterocycles. The molecule has 0 spiro atoms. The lowest BCUT2D eigenvalue weighted by Gasteiger charge is -2.34. The number of piperazine rings is 1. The predicted octanol–water partition coefficient (Wildman–Crippen LogP) is 4.24. The Morgan fingerprint density at radius 2 is 1.69 bits per heavy atom. The van der Waals surface area contributed by atoms with Gasteiger partial charge in [0, 0.05) is 50.0 Å². The minimum atomic E-state index is -4.49. The van der Waals surface area contributed by atoms with Gasteiger partial charge in [-0.3, -0.25) is 4.90 Å². The summed E-state index contributed by atoms with van der Waals surface area (Å²) in [6.45, 7) is 8.45. The van der Waals surface area contributed by atoms with Crippen LogP contribution in [0.25, 0.3) is 11.3 Å². The van der Waals surface area contributed by atoms with Gasteiger partial charge in [0.2, 0.25) is 0 Å². The van der Waals surface area contributed by atoms with E-state index >= 15 is 0 Å². The molecular formula is C27H29F3N6. The molecule has 3 aromatic rings. The van der Waals surface area contributed by atoms with Crippen molar-refractivity contribution in [3.8, 4) is 23.1 Å². The highest BCUT2D eigenvalue weighted by Crippen LogP contribution is 2.36. The largest absolute Gasteiger partial charge is 0.416 e. The standard InChI is InChI=1S/C27H29F3N6/c1-3-24-22(9-5-19-6-10-25(31)32-16-19)26(34-18-33-24)20-7-8-21(23(15-20)27(28,29)30)17-36-13-11-35(4-2)12-14-36/h6-8,10,15-16,18H,3-4,11-14,17H2,1-2H3,(H2,31,32). The number of benzene rings is 1. The summed E-state index contributed by atoms with van der Waals surface area (Å²) in [5.74, 6) is 6.46. The number of alkyl halides is 3. The van der Waals surface area contributed by atoms with E-state index in [0.717, 1.165) is 32.7 Å². The van der Waals surface area contributed by atoms with E-state index < -0.39 is 11.7 Å². The van der Waals surface area contributed by atoms with Gasteiger partial charge >= 0.3 is 6.18 Å². The minimum Gasteiger partial charge on any atom is -0.384 e. The Hall–Kier alpha value is -3.48. The molecule has 0 unspecified atom stereocenters. The number of hydrogen-bond donors (Lipinski definition) is 1. The lowest BCUT2D eigenvalue weighted by molar-refractivity contribution is -0.138. The summed E-state index contributed by atoms with van der Waals surface area (Å²) in [6, 6.07) is 7.84. The SMILES string of the molecule is CCc1ncnc(-c2ccc(CN3CCN(CC)CC3)c(C(F)(F)F)c2)c1C#Cc1ccc(N)nc1. The fourth-order valence-corrected chi connectivity index (χ4v) is 4.28. The van der Waals surface area contributed by atoms with Crippen molar-refractivity contribution in [1.29, 1.82) is 0 Å². The monoisotopic (exact) mass is 494 g/mol. The van der Waals surface area contributed by atoms with Gasteiger partial charge in [0.05, 0.1) is 22.5 Å². The first-order valence-corrected chi connectivity index (χ1v) is 12.0. The molecule has 1 aliphatic rings. The highest BCUT2D eigenvalue weighted by molar-refractivity contribution is 5.70. The molecule has 0 bridgehead atoms. The van der Waals surface area contributed by atoms with Crippen LogP contribution in [0.5, 0.6) is 0 Å². The normalized spacial score (nSPS) is 14.9. The molecular weight excluding hydrogens is 465 g/mol. The predicted molar refractivity (Wildman–Crippen MR) is 134 cm³/mol. The van der Waals surface area contributed by atoms with Crippen molar-refractivity contribution in [2.75, 3.05) is 38.5 Å². The molecule has 1 aromatic carbocycles. The van der Waals surface area contributed by atoms with Crippen molar-refractivity contribution in [2.24, 2.45) is 0 Å². The lowest BCUT2D eigenvalue weighted by atomic mass is 9.97. The number of anilines is 1. The molecule has 4 rings (SSSR count). The van der Waals surface area contributed by atoms with Gasteiger partial charge in [-0.1, -0.05) is 37.8 Å². The molecule has 9 heteroatoms. The van der Waals surface area contributed by atoms with E-state index in [1.807, 2.05) is 6.92 Å². The maximum atomic E-state index is 14.2. The van der Waals surface area contributed by atoms with E-state index in [1.54, 1.807) is 30.5 Å². The molecule has 36 heavy (non-hydrogen) atoms. The molecule has 188 valence electrons. The number of nitrogens with two attached hydrogens (primary N) is 1. The number of nitrogens with zero attached hydrogens (tertiary/aromatic N) is 5. The maximum Gasteiger partial charge on any atom is 0.416 e. The first kappa shape index (κ1) is 25.6. The molecule has 0 amide bonds. The van der Waals surface area contributed by atoms with E-state index in [9.17, 15) is 13.2 Å². The van der Waals surface area contributed by atoms with Gasteiger partial charge in [-0.25, -0.2) is 15.0 Å². The van der Waals surface area contributed by atoms with Gasteiger partial charge in [0.15, 0.2) is 0 Å². The van der Waals surface area contributed by atoms with E-state index in [4.69, 9.17) is 5.73 Å². The van der Waals surface area contributed by atoms with Crippen molar-refractivity contribution in [3.63, 3.8) is 0 Å². The number of pyridine rings is 1. The summed E-state index contributed by atoms with van der Waals surface area (Å²) in [5, 5.41) is 0. The minimum absolute atomic E-state index is 0.257.